The van der Waals surface area contributed by atoms with Crippen molar-refractivity contribution in [1.29, 1.82) is 0 Å². The number of benzene rings is 1. The summed E-state index contributed by atoms with van der Waals surface area (Å²) in [6.45, 7) is -1.12. The Balaban J connectivity index is 0.00000243. The third-order valence-corrected chi connectivity index (χ3v) is 3.96. The van der Waals surface area contributed by atoms with Gasteiger partial charge in [0.05, 0.1) is 6.54 Å². The van der Waals surface area contributed by atoms with Gasteiger partial charge in [-0.05, 0) is 12.5 Å². The Morgan fingerprint density at radius 2 is 2.04 bits per heavy atom. The van der Waals surface area contributed by atoms with E-state index in [1.165, 1.54) is 6.07 Å². The summed E-state index contributed by atoms with van der Waals surface area (Å²) in [5.41, 5.74) is 0.620. The van der Waals surface area contributed by atoms with E-state index in [0.29, 0.717) is 24.6 Å². The fraction of sp³-hybridized carbons (Fsp3) is 0.438. The van der Waals surface area contributed by atoms with E-state index < -0.39 is 6.61 Å². The number of halogens is 3. The first-order valence-electron chi connectivity index (χ1n) is 8.05. The summed E-state index contributed by atoms with van der Waals surface area (Å²) in [6.07, 6.45) is 2.05. The molecule has 0 fully saturated rings. The molecule has 0 bridgehead atoms. The number of aromatic nitrogens is 3. The van der Waals surface area contributed by atoms with Crippen LogP contribution < -0.4 is 15.4 Å². The third-order valence-electron chi connectivity index (χ3n) is 3.96. The highest BCUT2D eigenvalue weighted by molar-refractivity contribution is 14.0. The minimum Gasteiger partial charge on any atom is -0.434 e. The Morgan fingerprint density at radius 3 is 2.81 bits per heavy atom. The molecule has 0 radical (unpaired) electrons. The van der Waals surface area contributed by atoms with Crippen molar-refractivity contribution >= 4 is 29.9 Å². The van der Waals surface area contributed by atoms with Crippen LogP contribution in [0.3, 0.4) is 0 Å². The van der Waals surface area contributed by atoms with Crippen LogP contribution in [0.4, 0.5) is 8.78 Å². The summed E-state index contributed by atoms with van der Waals surface area (Å²) in [5, 5.41) is 14.6. The lowest BCUT2D eigenvalue weighted by atomic mass is 10.2. The highest BCUT2D eigenvalue weighted by Gasteiger charge is 2.17. The van der Waals surface area contributed by atoms with Crippen molar-refractivity contribution in [3.05, 3.63) is 41.5 Å². The van der Waals surface area contributed by atoms with Gasteiger partial charge in [-0.2, -0.15) is 8.78 Å². The van der Waals surface area contributed by atoms with Gasteiger partial charge in [0.2, 0.25) is 0 Å². The zero-order valence-electron chi connectivity index (χ0n) is 14.3. The van der Waals surface area contributed by atoms with E-state index in [9.17, 15) is 8.78 Å². The Hall–Kier alpha value is -1.98. The van der Waals surface area contributed by atoms with Gasteiger partial charge in [-0.15, -0.1) is 34.2 Å². The molecule has 10 heteroatoms. The summed E-state index contributed by atoms with van der Waals surface area (Å²) < 4.78 is 31.5. The van der Waals surface area contributed by atoms with Crippen LogP contribution in [0.5, 0.6) is 5.75 Å². The van der Waals surface area contributed by atoms with E-state index in [1.54, 1.807) is 25.2 Å². The average Bonchev–Trinajstić information content (AvgIpc) is 3.20. The number of alkyl halides is 2. The molecule has 0 spiro atoms. The molecule has 0 unspecified atom stereocenters. The molecule has 26 heavy (non-hydrogen) atoms. The number of rotatable bonds is 6. The van der Waals surface area contributed by atoms with Crippen LogP contribution in [0.2, 0.25) is 0 Å². The molecule has 1 aromatic carbocycles. The largest absolute Gasteiger partial charge is 0.434 e. The second kappa shape index (κ2) is 9.64. The van der Waals surface area contributed by atoms with Gasteiger partial charge in [0.25, 0.3) is 0 Å². The fourth-order valence-electron chi connectivity index (χ4n) is 2.76. The monoisotopic (exact) mass is 478 g/mol. The summed E-state index contributed by atoms with van der Waals surface area (Å²) in [4.78, 5) is 4.13. The number of aryl methyl sites for hydroxylation is 1. The van der Waals surface area contributed by atoms with Gasteiger partial charge < -0.3 is 19.9 Å². The quantitative estimate of drug-likeness (QED) is 0.379. The summed E-state index contributed by atoms with van der Waals surface area (Å²) in [6, 6.07) is 6.66. The normalized spacial score (nSPS) is 13.3. The minimum absolute atomic E-state index is 0. The van der Waals surface area contributed by atoms with Crippen LogP contribution in [-0.2, 0) is 26.1 Å². The molecule has 1 aromatic heterocycles. The first-order chi connectivity index (χ1) is 12.2. The zero-order valence-corrected chi connectivity index (χ0v) is 16.6. The minimum atomic E-state index is -2.85. The van der Waals surface area contributed by atoms with Crippen LogP contribution in [0.15, 0.2) is 29.3 Å². The lowest BCUT2D eigenvalue weighted by Crippen LogP contribution is -2.37. The summed E-state index contributed by atoms with van der Waals surface area (Å²) in [5.74, 6) is 2.56. The topological polar surface area (TPSA) is 76.4 Å². The third kappa shape index (κ3) is 5.02. The van der Waals surface area contributed by atoms with Gasteiger partial charge in [-0.1, -0.05) is 18.2 Å². The Bertz CT molecular complexity index is 752. The molecule has 1 aliphatic rings. The Kier molecular flexibility index (Phi) is 7.54. The van der Waals surface area contributed by atoms with E-state index in [-0.39, 0.29) is 29.7 Å². The van der Waals surface area contributed by atoms with Gasteiger partial charge >= 0.3 is 6.61 Å². The molecule has 2 heterocycles. The molecule has 2 N–H and O–H groups in total. The van der Waals surface area contributed by atoms with E-state index in [4.69, 9.17) is 0 Å². The molecular formula is C16H21F2IN6O. The number of ether oxygens (including phenoxy) is 1. The van der Waals surface area contributed by atoms with E-state index in [1.807, 2.05) is 0 Å². The van der Waals surface area contributed by atoms with Crippen LogP contribution in [-0.4, -0.2) is 34.4 Å². The molecule has 2 aromatic rings. The zero-order chi connectivity index (χ0) is 17.6. The first-order valence-corrected chi connectivity index (χ1v) is 8.05. The summed E-state index contributed by atoms with van der Waals surface area (Å²) in [7, 11) is 1.64. The SMILES string of the molecule is CN=C(NCc1ccccc1OC(F)F)NCc1nnc2n1CCC2.I. The van der Waals surface area contributed by atoms with Gasteiger partial charge in [0.15, 0.2) is 11.8 Å². The lowest BCUT2D eigenvalue weighted by molar-refractivity contribution is -0.0504. The molecular weight excluding hydrogens is 457 g/mol. The number of fused-ring (bicyclic) bond motifs is 1. The van der Waals surface area contributed by atoms with E-state index in [0.717, 1.165) is 31.0 Å². The van der Waals surface area contributed by atoms with Crippen molar-refractivity contribution in [2.45, 2.75) is 39.1 Å². The number of hydrogen-bond donors (Lipinski definition) is 2. The molecule has 0 amide bonds. The maximum Gasteiger partial charge on any atom is 0.387 e. The highest BCUT2D eigenvalue weighted by Crippen LogP contribution is 2.20. The standard InChI is InChI=1S/C16H20F2N6O.HI/c1-19-16(21-10-14-23-22-13-7-4-8-24(13)14)20-9-11-5-2-3-6-12(11)25-15(17)18;/h2-3,5-6,15H,4,7-10H2,1H3,(H2,19,20,21);1H. The predicted octanol–water partition coefficient (Wildman–Crippen LogP) is 2.31. The van der Waals surface area contributed by atoms with Crippen LogP contribution >= 0.6 is 24.0 Å². The number of nitrogens with zero attached hydrogens (tertiary/aromatic N) is 4. The predicted molar refractivity (Wildman–Crippen MR) is 104 cm³/mol. The van der Waals surface area contributed by atoms with Crippen molar-refractivity contribution in [1.82, 2.24) is 25.4 Å². The maximum atomic E-state index is 12.5. The maximum absolute atomic E-state index is 12.5. The molecule has 7 nitrogen and oxygen atoms in total. The van der Waals surface area contributed by atoms with Crippen LogP contribution in [0, 0.1) is 0 Å². The summed E-state index contributed by atoms with van der Waals surface area (Å²) >= 11 is 0. The average molecular weight is 478 g/mol. The van der Waals surface area contributed by atoms with Crippen molar-refractivity contribution in [2.24, 2.45) is 4.99 Å². The van der Waals surface area contributed by atoms with Gasteiger partial charge in [0, 0.05) is 32.1 Å². The Morgan fingerprint density at radius 1 is 1.27 bits per heavy atom. The molecule has 0 saturated carbocycles. The molecule has 142 valence electrons. The van der Waals surface area contributed by atoms with Gasteiger partial charge in [-0.25, -0.2) is 0 Å². The van der Waals surface area contributed by atoms with Gasteiger partial charge in [0.1, 0.15) is 11.6 Å². The smallest absolute Gasteiger partial charge is 0.387 e. The van der Waals surface area contributed by atoms with Crippen molar-refractivity contribution in [3.8, 4) is 5.75 Å². The molecule has 1 aliphatic heterocycles. The van der Waals surface area contributed by atoms with Crippen molar-refractivity contribution < 1.29 is 13.5 Å². The highest BCUT2D eigenvalue weighted by atomic mass is 127. The van der Waals surface area contributed by atoms with E-state index in [2.05, 4.69) is 35.1 Å². The fourth-order valence-corrected chi connectivity index (χ4v) is 2.76. The number of guanidine groups is 1. The van der Waals surface area contributed by atoms with Gasteiger partial charge in [-0.3, -0.25) is 4.99 Å². The van der Waals surface area contributed by atoms with Crippen molar-refractivity contribution in [2.75, 3.05) is 7.05 Å². The second-order valence-corrected chi connectivity index (χ2v) is 5.55. The lowest BCUT2D eigenvalue weighted by Gasteiger charge is -2.14. The number of aliphatic imine (C=N–C) groups is 1. The molecule has 0 saturated heterocycles. The van der Waals surface area contributed by atoms with Crippen LogP contribution in [0.1, 0.15) is 23.6 Å². The van der Waals surface area contributed by atoms with E-state index >= 15 is 0 Å². The first kappa shape index (κ1) is 20.3. The second-order valence-electron chi connectivity index (χ2n) is 5.55. The number of hydrogen-bond acceptors (Lipinski definition) is 4. The molecule has 3 rings (SSSR count). The number of nitrogens with one attached hydrogen (secondary N) is 2. The number of para-hydroxylation sites is 1. The van der Waals surface area contributed by atoms with Crippen molar-refractivity contribution in [3.63, 3.8) is 0 Å². The molecule has 0 atom stereocenters. The molecule has 0 aliphatic carbocycles. The van der Waals surface area contributed by atoms with Crippen LogP contribution in [0.25, 0.3) is 0 Å². The Labute approximate surface area is 167 Å².